The van der Waals surface area contributed by atoms with E-state index in [0.29, 0.717) is 10.8 Å². The van der Waals surface area contributed by atoms with Crippen LogP contribution in [0.3, 0.4) is 0 Å². The standard InChI is InChI=1S/C15H24ClNO2/c1-5-8-17-14(9-11(2)18-3)12-6-7-13(16)15(10-12)19-4/h6-7,10-11,14,17H,5,8-9H2,1-4H3. The average Bonchev–Trinajstić information content (AvgIpc) is 2.43. The van der Waals surface area contributed by atoms with Crippen LogP contribution >= 0.6 is 11.6 Å². The molecule has 0 aliphatic carbocycles. The molecule has 0 radical (unpaired) electrons. The molecular formula is C15H24ClNO2. The summed E-state index contributed by atoms with van der Waals surface area (Å²) >= 11 is 6.07. The van der Waals surface area contributed by atoms with Crippen molar-refractivity contribution in [3.63, 3.8) is 0 Å². The van der Waals surface area contributed by atoms with Crippen LogP contribution in [-0.2, 0) is 4.74 Å². The lowest BCUT2D eigenvalue weighted by atomic mass is 10.0. The van der Waals surface area contributed by atoms with Crippen LogP contribution in [0.4, 0.5) is 0 Å². The van der Waals surface area contributed by atoms with E-state index in [2.05, 4.69) is 19.2 Å². The summed E-state index contributed by atoms with van der Waals surface area (Å²) in [6, 6.07) is 6.17. The van der Waals surface area contributed by atoms with Gasteiger partial charge in [0.1, 0.15) is 5.75 Å². The number of benzene rings is 1. The molecule has 0 aromatic heterocycles. The minimum absolute atomic E-state index is 0.205. The fraction of sp³-hybridized carbons (Fsp3) is 0.600. The van der Waals surface area contributed by atoms with Crippen molar-refractivity contribution in [1.29, 1.82) is 0 Å². The van der Waals surface area contributed by atoms with Crippen LogP contribution in [-0.4, -0.2) is 26.9 Å². The summed E-state index contributed by atoms with van der Waals surface area (Å²) in [6.07, 6.45) is 2.22. The topological polar surface area (TPSA) is 30.5 Å². The summed E-state index contributed by atoms with van der Waals surface area (Å²) < 4.78 is 10.6. The second kappa shape index (κ2) is 8.41. The van der Waals surface area contributed by atoms with Crippen molar-refractivity contribution >= 4 is 11.6 Å². The normalized spacial score (nSPS) is 14.2. The summed E-state index contributed by atoms with van der Waals surface area (Å²) in [4.78, 5) is 0. The maximum absolute atomic E-state index is 6.07. The largest absolute Gasteiger partial charge is 0.495 e. The Kier molecular flexibility index (Phi) is 7.21. The van der Waals surface area contributed by atoms with E-state index < -0.39 is 0 Å². The van der Waals surface area contributed by atoms with Gasteiger partial charge in [-0.2, -0.15) is 0 Å². The van der Waals surface area contributed by atoms with Crippen molar-refractivity contribution in [2.75, 3.05) is 20.8 Å². The zero-order valence-corrected chi connectivity index (χ0v) is 13.0. The zero-order valence-electron chi connectivity index (χ0n) is 12.2. The number of halogens is 1. The van der Waals surface area contributed by atoms with Gasteiger partial charge in [0.2, 0.25) is 0 Å². The lowest BCUT2D eigenvalue weighted by Crippen LogP contribution is -2.26. The van der Waals surface area contributed by atoms with Crippen molar-refractivity contribution in [1.82, 2.24) is 5.32 Å². The maximum Gasteiger partial charge on any atom is 0.137 e. The van der Waals surface area contributed by atoms with E-state index in [-0.39, 0.29) is 12.1 Å². The van der Waals surface area contributed by atoms with Gasteiger partial charge >= 0.3 is 0 Å². The van der Waals surface area contributed by atoms with E-state index in [0.717, 1.165) is 19.4 Å². The molecule has 2 atom stereocenters. The SMILES string of the molecule is CCCNC(CC(C)OC)c1ccc(Cl)c(OC)c1. The van der Waals surface area contributed by atoms with Crippen LogP contribution < -0.4 is 10.1 Å². The number of hydrogen-bond acceptors (Lipinski definition) is 3. The van der Waals surface area contributed by atoms with Gasteiger partial charge in [-0.15, -0.1) is 0 Å². The fourth-order valence-corrected chi connectivity index (χ4v) is 2.17. The second-order valence-corrected chi connectivity index (χ2v) is 5.09. The van der Waals surface area contributed by atoms with Crippen LogP contribution in [0.25, 0.3) is 0 Å². The fourth-order valence-electron chi connectivity index (χ4n) is 1.98. The lowest BCUT2D eigenvalue weighted by Gasteiger charge is -2.22. The molecule has 0 fully saturated rings. The highest BCUT2D eigenvalue weighted by atomic mass is 35.5. The van der Waals surface area contributed by atoms with Gasteiger partial charge in [0.15, 0.2) is 0 Å². The van der Waals surface area contributed by atoms with Crippen LogP contribution in [0.5, 0.6) is 5.75 Å². The van der Waals surface area contributed by atoms with E-state index in [1.165, 1.54) is 5.56 Å². The van der Waals surface area contributed by atoms with Gasteiger partial charge in [-0.3, -0.25) is 0 Å². The zero-order chi connectivity index (χ0) is 14.3. The molecule has 1 N–H and O–H groups in total. The lowest BCUT2D eigenvalue weighted by molar-refractivity contribution is 0.100. The molecule has 1 aromatic rings. The number of methoxy groups -OCH3 is 2. The van der Waals surface area contributed by atoms with Gasteiger partial charge in [0.25, 0.3) is 0 Å². The van der Waals surface area contributed by atoms with E-state index >= 15 is 0 Å². The molecule has 0 saturated carbocycles. The minimum atomic E-state index is 0.205. The van der Waals surface area contributed by atoms with Crippen molar-refractivity contribution in [2.45, 2.75) is 38.8 Å². The van der Waals surface area contributed by atoms with Crippen molar-refractivity contribution in [3.8, 4) is 5.75 Å². The summed E-state index contributed by atoms with van der Waals surface area (Å²) in [6.45, 7) is 5.21. The second-order valence-electron chi connectivity index (χ2n) is 4.68. The minimum Gasteiger partial charge on any atom is -0.495 e. The van der Waals surface area contributed by atoms with Gasteiger partial charge in [-0.05, 0) is 44.0 Å². The molecule has 0 spiro atoms. The van der Waals surface area contributed by atoms with Crippen LogP contribution in [0.1, 0.15) is 38.3 Å². The molecule has 1 rings (SSSR count). The average molecular weight is 286 g/mol. The predicted octanol–water partition coefficient (Wildman–Crippen LogP) is 3.81. The Morgan fingerprint density at radius 1 is 1.32 bits per heavy atom. The summed E-state index contributed by atoms with van der Waals surface area (Å²) in [5.41, 5.74) is 1.18. The molecule has 0 saturated heterocycles. The molecule has 1 aromatic carbocycles. The Labute approximate surface area is 121 Å². The molecule has 19 heavy (non-hydrogen) atoms. The molecule has 0 heterocycles. The first kappa shape index (κ1) is 16.3. The number of hydrogen-bond donors (Lipinski definition) is 1. The number of rotatable bonds is 8. The van der Waals surface area contributed by atoms with Crippen LogP contribution in [0.2, 0.25) is 5.02 Å². The highest BCUT2D eigenvalue weighted by Crippen LogP contribution is 2.29. The van der Waals surface area contributed by atoms with E-state index in [1.807, 2.05) is 18.2 Å². The number of nitrogens with one attached hydrogen (secondary N) is 1. The Balaban J connectivity index is 2.88. The Morgan fingerprint density at radius 3 is 2.63 bits per heavy atom. The first-order valence-electron chi connectivity index (χ1n) is 6.72. The van der Waals surface area contributed by atoms with Gasteiger partial charge in [0, 0.05) is 13.2 Å². The molecule has 0 aliphatic heterocycles. The molecule has 4 heteroatoms. The molecule has 0 amide bonds. The molecule has 0 bridgehead atoms. The van der Waals surface area contributed by atoms with Gasteiger partial charge in [-0.1, -0.05) is 24.6 Å². The van der Waals surface area contributed by atoms with Gasteiger partial charge in [0.05, 0.1) is 18.2 Å². The summed E-state index contributed by atoms with van der Waals surface area (Å²) in [5.74, 6) is 0.715. The van der Waals surface area contributed by atoms with E-state index in [4.69, 9.17) is 21.1 Å². The van der Waals surface area contributed by atoms with Gasteiger partial charge in [-0.25, -0.2) is 0 Å². The molecule has 108 valence electrons. The Morgan fingerprint density at radius 2 is 2.05 bits per heavy atom. The van der Waals surface area contributed by atoms with Crippen LogP contribution in [0.15, 0.2) is 18.2 Å². The summed E-state index contributed by atoms with van der Waals surface area (Å²) in [5, 5.41) is 4.18. The van der Waals surface area contributed by atoms with Crippen molar-refractivity contribution in [2.24, 2.45) is 0 Å². The monoisotopic (exact) mass is 285 g/mol. The van der Waals surface area contributed by atoms with Crippen molar-refractivity contribution in [3.05, 3.63) is 28.8 Å². The van der Waals surface area contributed by atoms with E-state index in [9.17, 15) is 0 Å². The quantitative estimate of drug-likeness (QED) is 0.788. The number of ether oxygens (including phenoxy) is 2. The third-order valence-corrected chi connectivity index (χ3v) is 3.50. The highest BCUT2D eigenvalue weighted by molar-refractivity contribution is 6.32. The molecular weight excluding hydrogens is 262 g/mol. The van der Waals surface area contributed by atoms with Crippen LogP contribution in [0, 0.1) is 0 Å². The summed E-state index contributed by atoms with van der Waals surface area (Å²) in [7, 11) is 3.38. The van der Waals surface area contributed by atoms with E-state index in [1.54, 1.807) is 14.2 Å². The van der Waals surface area contributed by atoms with Gasteiger partial charge < -0.3 is 14.8 Å². The Hall–Kier alpha value is -0.770. The predicted molar refractivity (Wildman–Crippen MR) is 80.1 cm³/mol. The Bertz CT molecular complexity index is 384. The first-order valence-corrected chi connectivity index (χ1v) is 7.09. The molecule has 3 nitrogen and oxygen atoms in total. The molecule has 2 unspecified atom stereocenters. The maximum atomic E-state index is 6.07. The van der Waals surface area contributed by atoms with Crippen molar-refractivity contribution < 1.29 is 9.47 Å². The third-order valence-electron chi connectivity index (χ3n) is 3.19. The molecule has 0 aliphatic rings. The first-order chi connectivity index (χ1) is 9.12. The highest BCUT2D eigenvalue weighted by Gasteiger charge is 2.16. The third kappa shape index (κ3) is 5.01. The smallest absolute Gasteiger partial charge is 0.137 e.